The minimum absolute atomic E-state index is 0.105. The molecule has 2 rings (SSSR count). The molecule has 7 heteroatoms. The Labute approximate surface area is 154 Å². The van der Waals surface area contributed by atoms with Crippen LogP contribution in [0.1, 0.15) is 32.6 Å². The largest absolute Gasteiger partial charge is 0.487 e. The van der Waals surface area contributed by atoms with Gasteiger partial charge in [-0.15, -0.1) is 0 Å². The number of benzene rings is 2. The van der Waals surface area contributed by atoms with Gasteiger partial charge in [0.1, 0.15) is 11.9 Å². The number of hydrogen-bond acceptors (Lipinski definition) is 4. The van der Waals surface area contributed by atoms with Crippen LogP contribution >= 0.6 is 7.82 Å². The minimum atomic E-state index is -4.44. The molecule has 2 aromatic carbocycles. The molecule has 0 bridgehead atoms. The first-order chi connectivity index (χ1) is 12.5. The Balaban J connectivity index is 1.94. The number of rotatable bonds is 12. The number of hydrogen-bond donors (Lipinski definition) is 2. The van der Waals surface area contributed by atoms with Crippen molar-refractivity contribution in [1.82, 2.24) is 0 Å². The van der Waals surface area contributed by atoms with Crippen LogP contribution in [0.4, 0.5) is 0 Å². The molecule has 0 heterocycles. The summed E-state index contributed by atoms with van der Waals surface area (Å²) >= 11 is 0. The van der Waals surface area contributed by atoms with Gasteiger partial charge in [-0.25, -0.2) is 4.57 Å². The van der Waals surface area contributed by atoms with E-state index in [1.165, 1.54) is 0 Å². The van der Waals surface area contributed by atoms with Crippen LogP contribution in [0.3, 0.4) is 0 Å². The van der Waals surface area contributed by atoms with Crippen LogP contribution in [0.2, 0.25) is 0 Å². The van der Waals surface area contributed by atoms with Crippen LogP contribution < -0.4 is 4.74 Å². The van der Waals surface area contributed by atoms with Gasteiger partial charge in [-0.1, -0.05) is 56.2 Å². The molecule has 2 aromatic rings. The van der Waals surface area contributed by atoms with Gasteiger partial charge in [0.2, 0.25) is 0 Å². The van der Waals surface area contributed by atoms with Crippen LogP contribution in [0.5, 0.6) is 5.75 Å². The summed E-state index contributed by atoms with van der Waals surface area (Å²) in [7, 11) is -4.44. The van der Waals surface area contributed by atoms with Crippen LogP contribution in [0, 0.1) is 0 Å². The normalized spacial score (nSPS) is 13.0. The highest BCUT2D eigenvalue weighted by atomic mass is 31.2. The Morgan fingerprint density at radius 2 is 1.81 bits per heavy atom. The first-order valence-corrected chi connectivity index (χ1v) is 10.4. The van der Waals surface area contributed by atoms with Gasteiger partial charge in [0.05, 0.1) is 19.8 Å². The van der Waals surface area contributed by atoms with Gasteiger partial charge in [0, 0.05) is 5.39 Å². The van der Waals surface area contributed by atoms with Crippen molar-refractivity contribution in [1.29, 1.82) is 0 Å². The first kappa shape index (κ1) is 20.9. The zero-order valence-corrected chi connectivity index (χ0v) is 15.9. The second-order valence-corrected chi connectivity index (χ2v) is 7.35. The highest BCUT2D eigenvalue weighted by molar-refractivity contribution is 7.46. The van der Waals surface area contributed by atoms with E-state index in [1.807, 2.05) is 42.5 Å². The number of phosphoric ester groups is 1. The Morgan fingerprint density at radius 3 is 2.58 bits per heavy atom. The van der Waals surface area contributed by atoms with Crippen molar-refractivity contribution >= 4 is 18.6 Å². The molecule has 0 aliphatic rings. The lowest BCUT2D eigenvalue weighted by Gasteiger charge is -2.20. The Morgan fingerprint density at radius 1 is 1.04 bits per heavy atom. The maximum atomic E-state index is 10.7. The van der Waals surface area contributed by atoms with E-state index in [0.717, 1.165) is 42.2 Å². The fourth-order valence-electron chi connectivity index (χ4n) is 2.71. The van der Waals surface area contributed by atoms with Crippen molar-refractivity contribution in [2.75, 3.05) is 19.8 Å². The molecule has 0 spiro atoms. The van der Waals surface area contributed by atoms with Gasteiger partial charge in [0.15, 0.2) is 0 Å². The molecule has 1 atom stereocenters. The zero-order valence-electron chi connectivity index (χ0n) is 15.0. The molecule has 0 fully saturated rings. The second kappa shape index (κ2) is 10.7. The molecule has 0 radical (unpaired) electrons. The molecule has 0 amide bonds. The summed E-state index contributed by atoms with van der Waals surface area (Å²) in [5, 5.41) is 2.17. The highest BCUT2D eigenvalue weighted by Crippen LogP contribution is 2.35. The topological polar surface area (TPSA) is 85.2 Å². The van der Waals surface area contributed by atoms with Crippen molar-refractivity contribution < 1.29 is 28.3 Å². The van der Waals surface area contributed by atoms with E-state index < -0.39 is 7.82 Å². The molecule has 144 valence electrons. The van der Waals surface area contributed by atoms with Gasteiger partial charge < -0.3 is 19.3 Å². The van der Waals surface area contributed by atoms with E-state index in [9.17, 15) is 4.57 Å². The van der Waals surface area contributed by atoms with Gasteiger partial charge in [0.25, 0.3) is 0 Å². The third-order valence-electron chi connectivity index (χ3n) is 3.96. The Hall–Kier alpha value is -1.43. The summed E-state index contributed by atoms with van der Waals surface area (Å²) in [6.45, 7) is 2.45. The van der Waals surface area contributed by atoms with E-state index >= 15 is 0 Å². The molecule has 0 saturated heterocycles. The van der Waals surface area contributed by atoms with Crippen molar-refractivity contribution in [3.05, 3.63) is 42.5 Å². The van der Waals surface area contributed by atoms with E-state index in [-0.39, 0.29) is 19.3 Å². The lowest BCUT2D eigenvalue weighted by molar-refractivity contribution is 0.0278. The third kappa shape index (κ3) is 7.44. The lowest BCUT2D eigenvalue weighted by Crippen LogP contribution is -2.24. The third-order valence-corrected chi connectivity index (χ3v) is 4.48. The fraction of sp³-hybridized carbons (Fsp3) is 0.474. The molecule has 1 unspecified atom stereocenters. The molecule has 2 N–H and O–H groups in total. The molecule has 6 nitrogen and oxygen atoms in total. The Kier molecular flexibility index (Phi) is 8.55. The summed E-state index contributed by atoms with van der Waals surface area (Å²) in [5.41, 5.74) is 0. The maximum absolute atomic E-state index is 10.7. The number of fused-ring (bicyclic) bond motifs is 1. The first-order valence-electron chi connectivity index (χ1n) is 8.92. The smallest absolute Gasteiger partial charge is 0.469 e. The van der Waals surface area contributed by atoms with Crippen molar-refractivity contribution in [2.45, 2.75) is 38.7 Å². The van der Waals surface area contributed by atoms with Crippen molar-refractivity contribution in [3.8, 4) is 5.75 Å². The van der Waals surface area contributed by atoms with Crippen molar-refractivity contribution in [2.24, 2.45) is 0 Å². The maximum Gasteiger partial charge on any atom is 0.469 e. The van der Waals surface area contributed by atoms with E-state index in [0.29, 0.717) is 6.61 Å². The molecule has 0 aliphatic heterocycles. The molecule has 0 aromatic heterocycles. The van der Waals surface area contributed by atoms with Crippen LogP contribution in [0.15, 0.2) is 42.5 Å². The van der Waals surface area contributed by atoms with E-state index in [1.54, 1.807) is 0 Å². The number of phosphoric acid groups is 1. The number of unbranched alkanes of at least 4 members (excludes halogenated alkanes) is 2. The molecule has 26 heavy (non-hydrogen) atoms. The highest BCUT2D eigenvalue weighted by Gasteiger charge is 2.15. The molecular weight excluding hydrogens is 355 g/mol. The van der Waals surface area contributed by atoms with Gasteiger partial charge in [-0.3, -0.25) is 4.52 Å². The van der Waals surface area contributed by atoms with E-state index in [4.69, 9.17) is 19.3 Å². The summed E-state index contributed by atoms with van der Waals surface area (Å²) < 4.78 is 26.8. The molecule has 0 saturated carbocycles. The van der Waals surface area contributed by atoms with Crippen molar-refractivity contribution in [3.63, 3.8) is 0 Å². The molecular formula is C19H27O6P. The Bertz CT molecular complexity index is 709. The van der Waals surface area contributed by atoms with E-state index in [2.05, 4.69) is 11.4 Å². The zero-order chi connectivity index (χ0) is 18.8. The monoisotopic (exact) mass is 382 g/mol. The average Bonchev–Trinajstić information content (AvgIpc) is 2.60. The van der Waals surface area contributed by atoms with Crippen LogP contribution in [0.25, 0.3) is 10.8 Å². The molecule has 0 aliphatic carbocycles. The second-order valence-electron chi connectivity index (χ2n) is 6.11. The van der Waals surface area contributed by atoms with Crippen LogP contribution in [-0.4, -0.2) is 35.7 Å². The summed E-state index contributed by atoms with van der Waals surface area (Å²) in [6.07, 6.45) is 4.02. The summed E-state index contributed by atoms with van der Waals surface area (Å²) in [4.78, 5) is 17.3. The predicted molar refractivity (Wildman–Crippen MR) is 101 cm³/mol. The SMILES string of the molecule is CCCCCC(COCCOP(=O)(O)O)Oc1cccc2ccccc12. The predicted octanol–water partition coefficient (Wildman–Crippen LogP) is 4.29. The summed E-state index contributed by atoms with van der Waals surface area (Å²) in [5.74, 6) is 0.819. The lowest BCUT2D eigenvalue weighted by atomic mass is 10.1. The quantitative estimate of drug-likeness (QED) is 0.421. The summed E-state index contributed by atoms with van der Waals surface area (Å²) in [6, 6.07) is 14.0. The average molecular weight is 382 g/mol. The minimum Gasteiger partial charge on any atom is -0.487 e. The number of ether oxygens (including phenoxy) is 2. The van der Waals surface area contributed by atoms with Gasteiger partial charge >= 0.3 is 7.82 Å². The van der Waals surface area contributed by atoms with Gasteiger partial charge in [-0.05, 0) is 24.3 Å². The van der Waals surface area contributed by atoms with Crippen LogP contribution in [-0.2, 0) is 13.8 Å². The standard InChI is InChI=1S/C19H27O6P/c1-2-3-4-10-17(15-23-13-14-24-26(20,21)22)25-19-12-7-9-16-8-5-6-11-18(16)19/h5-9,11-12,17H,2-4,10,13-15H2,1H3,(H2,20,21,22). The fourth-order valence-corrected chi connectivity index (χ4v) is 3.02. The van der Waals surface area contributed by atoms with Gasteiger partial charge in [-0.2, -0.15) is 0 Å².